The molecule has 1 atom stereocenters. The van der Waals surface area contributed by atoms with E-state index in [1.807, 2.05) is 18.2 Å². The lowest BCUT2D eigenvalue weighted by molar-refractivity contribution is 0.0922. The molecule has 0 radical (unpaired) electrons. The van der Waals surface area contributed by atoms with Crippen LogP contribution in [0.4, 0.5) is 0 Å². The number of ether oxygens (including phenoxy) is 2. The molecule has 2 N–H and O–H groups in total. The molecule has 0 fully saturated rings. The van der Waals surface area contributed by atoms with Crippen LogP contribution in [-0.4, -0.2) is 13.7 Å². The van der Waals surface area contributed by atoms with Crippen LogP contribution in [0.5, 0.6) is 5.75 Å². The van der Waals surface area contributed by atoms with Gasteiger partial charge in [-0.3, -0.25) is 0 Å². The molecule has 13 heavy (non-hydrogen) atoms. The third-order valence-electron chi connectivity index (χ3n) is 2.30. The van der Waals surface area contributed by atoms with E-state index in [0.29, 0.717) is 13.2 Å². The van der Waals surface area contributed by atoms with Gasteiger partial charge in [-0.25, -0.2) is 0 Å². The number of hydrogen-bond donors (Lipinski definition) is 1. The molecular formula is C10H13NO2. The van der Waals surface area contributed by atoms with Crippen LogP contribution in [0, 0.1) is 0 Å². The third-order valence-corrected chi connectivity index (χ3v) is 2.30. The molecule has 1 aliphatic heterocycles. The van der Waals surface area contributed by atoms with Gasteiger partial charge in [0.05, 0.1) is 26.4 Å². The van der Waals surface area contributed by atoms with E-state index in [-0.39, 0.29) is 6.04 Å². The SMILES string of the molecule is COc1ccc2c(c1)COCC2N. The molecule has 70 valence electrons. The first kappa shape index (κ1) is 8.53. The van der Waals surface area contributed by atoms with E-state index in [1.54, 1.807) is 7.11 Å². The summed E-state index contributed by atoms with van der Waals surface area (Å²) in [5.74, 6) is 0.858. The summed E-state index contributed by atoms with van der Waals surface area (Å²) in [6, 6.07) is 5.94. The van der Waals surface area contributed by atoms with Crippen molar-refractivity contribution in [2.75, 3.05) is 13.7 Å². The molecule has 0 aliphatic carbocycles. The summed E-state index contributed by atoms with van der Waals surface area (Å²) in [4.78, 5) is 0. The first-order valence-electron chi connectivity index (χ1n) is 4.31. The fourth-order valence-corrected chi connectivity index (χ4v) is 1.58. The van der Waals surface area contributed by atoms with E-state index < -0.39 is 0 Å². The Morgan fingerprint density at radius 1 is 1.54 bits per heavy atom. The van der Waals surface area contributed by atoms with Gasteiger partial charge in [0, 0.05) is 0 Å². The molecule has 1 unspecified atom stereocenters. The second-order valence-corrected chi connectivity index (χ2v) is 3.19. The van der Waals surface area contributed by atoms with Crippen molar-refractivity contribution in [1.29, 1.82) is 0 Å². The third kappa shape index (κ3) is 1.53. The predicted octanol–water partition coefficient (Wildman–Crippen LogP) is 1.23. The number of nitrogens with two attached hydrogens (primary N) is 1. The van der Waals surface area contributed by atoms with Gasteiger partial charge in [0.25, 0.3) is 0 Å². The number of methoxy groups -OCH3 is 1. The normalized spacial score (nSPS) is 20.9. The summed E-state index contributed by atoms with van der Waals surface area (Å²) in [5, 5.41) is 0. The lowest BCUT2D eigenvalue weighted by atomic mass is 9.99. The Hall–Kier alpha value is -1.06. The maximum absolute atomic E-state index is 5.87. The van der Waals surface area contributed by atoms with Gasteiger partial charge in [-0.2, -0.15) is 0 Å². The topological polar surface area (TPSA) is 44.5 Å². The van der Waals surface area contributed by atoms with Crippen LogP contribution in [0.25, 0.3) is 0 Å². The first-order chi connectivity index (χ1) is 6.31. The largest absolute Gasteiger partial charge is 0.497 e. The zero-order valence-electron chi connectivity index (χ0n) is 7.62. The summed E-state index contributed by atoms with van der Waals surface area (Å²) >= 11 is 0. The summed E-state index contributed by atoms with van der Waals surface area (Å²) in [7, 11) is 1.66. The van der Waals surface area contributed by atoms with Crippen LogP contribution < -0.4 is 10.5 Å². The minimum Gasteiger partial charge on any atom is -0.497 e. The van der Waals surface area contributed by atoms with E-state index in [2.05, 4.69) is 0 Å². The zero-order chi connectivity index (χ0) is 9.26. The van der Waals surface area contributed by atoms with Crippen molar-refractivity contribution in [3.05, 3.63) is 29.3 Å². The number of fused-ring (bicyclic) bond motifs is 1. The average molecular weight is 179 g/mol. The Morgan fingerprint density at radius 2 is 2.38 bits per heavy atom. The van der Waals surface area contributed by atoms with Gasteiger partial charge in [-0.15, -0.1) is 0 Å². The molecule has 3 nitrogen and oxygen atoms in total. The molecule has 1 heterocycles. The van der Waals surface area contributed by atoms with Crippen molar-refractivity contribution in [1.82, 2.24) is 0 Å². The summed E-state index contributed by atoms with van der Waals surface area (Å²) in [6.45, 7) is 1.25. The molecule has 0 saturated heterocycles. The second-order valence-electron chi connectivity index (χ2n) is 3.19. The van der Waals surface area contributed by atoms with Crippen LogP contribution in [0.15, 0.2) is 18.2 Å². The van der Waals surface area contributed by atoms with E-state index in [4.69, 9.17) is 15.2 Å². The van der Waals surface area contributed by atoms with Gasteiger partial charge >= 0.3 is 0 Å². The standard InChI is InChI=1S/C10H13NO2/c1-12-8-2-3-9-7(4-8)5-13-6-10(9)11/h2-4,10H,5-6,11H2,1H3. The van der Waals surface area contributed by atoms with Gasteiger partial charge in [0.2, 0.25) is 0 Å². The highest BCUT2D eigenvalue weighted by molar-refractivity contribution is 5.38. The number of rotatable bonds is 1. The quantitative estimate of drug-likeness (QED) is 0.705. The summed E-state index contributed by atoms with van der Waals surface area (Å²) in [6.07, 6.45) is 0. The molecule has 0 saturated carbocycles. The molecule has 1 aliphatic rings. The van der Waals surface area contributed by atoms with E-state index in [0.717, 1.165) is 11.3 Å². The number of hydrogen-bond acceptors (Lipinski definition) is 3. The van der Waals surface area contributed by atoms with Crippen molar-refractivity contribution < 1.29 is 9.47 Å². The van der Waals surface area contributed by atoms with Crippen molar-refractivity contribution >= 4 is 0 Å². The lowest BCUT2D eigenvalue weighted by Gasteiger charge is -2.22. The highest BCUT2D eigenvalue weighted by atomic mass is 16.5. The van der Waals surface area contributed by atoms with Crippen LogP contribution in [0.1, 0.15) is 17.2 Å². The molecule has 1 aromatic rings. The van der Waals surface area contributed by atoms with Gasteiger partial charge in [0.15, 0.2) is 0 Å². The predicted molar refractivity (Wildman–Crippen MR) is 49.6 cm³/mol. The summed E-state index contributed by atoms with van der Waals surface area (Å²) in [5.41, 5.74) is 8.18. The van der Waals surface area contributed by atoms with Crippen molar-refractivity contribution in [3.63, 3.8) is 0 Å². The minimum absolute atomic E-state index is 0.00894. The van der Waals surface area contributed by atoms with Crippen LogP contribution >= 0.6 is 0 Å². The van der Waals surface area contributed by atoms with Crippen molar-refractivity contribution in [2.24, 2.45) is 5.73 Å². The van der Waals surface area contributed by atoms with Crippen LogP contribution in [0.3, 0.4) is 0 Å². The summed E-state index contributed by atoms with van der Waals surface area (Å²) < 4.78 is 10.4. The Bertz CT molecular complexity index is 312. The Kier molecular flexibility index (Phi) is 2.20. The molecule has 3 heteroatoms. The fraction of sp³-hybridized carbons (Fsp3) is 0.400. The van der Waals surface area contributed by atoms with Gasteiger partial charge in [0.1, 0.15) is 5.75 Å². The average Bonchev–Trinajstić information content (AvgIpc) is 2.18. The minimum atomic E-state index is 0.00894. The Morgan fingerprint density at radius 3 is 3.15 bits per heavy atom. The Balaban J connectivity index is 2.39. The maximum atomic E-state index is 5.87. The smallest absolute Gasteiger partial charge is 0.119 e. The molecule has 0 spiro atoms. The molecule has 0 aromatic heterocycles. The van der Waals surface area contributed by atoms with Gasteiger partial charge < -0.3 is 15.2 Å². The maximum Gasteiger partial charge on any atom is 0.119 e. The zero-order valence-corrected chi connectivity index (χ0v) is 7.62. The fourth-order valence-electron chi connectivity index (χ4n) is 1.58. The van der Waals surface area contributed by atoms with Crippen molar-refractivity contribution in [3.8, 4) is 5.75 Å². The lowest BCUT2D eigenvalue weighted by Crippen LogP contribution is -2.23. The second kappa shape index (κ2) is 3.36. The molecule has 0 bridgehead atoms. The van der Waals surface area contributed by atoms with E-state index >= 15 is 0 Å². The van der Waals surface area contributed by atoms with Gasteiger partial charge in [-0.1, -0.05) is 6.07 Å². The molecule has 1 aromatic carbocycles. The molecule has 0 amide bonds. The highest BCUT2D eigenvalue weighted by Crippen LogP contribution is 2.26. The highest BCUT2D eigenvalue weighted by Gasteiger charge is 2.17. The Labute approximate surface area is 77.5 Å². The first-order valence-corrected chi connectivity index (χ1v) is 4.31. The monoisotopic (exact) mass is 179 g/mol. The van der Waals surface area contributed by atoms with E-state index in [9.17, 15) is 0 Å². The van der Waals surface area contributed by atoms with Gasteiger partial charge in [-0.05, 0) is 23.3 Å². The van der Waals surface area contributed by atoms with Crippen molar-refractivity contribution in [2.45, 2.75) is 12.6 Å². The number of benzene rings is 1. The molecular weight excluding hydrogens is 166 g/mol. The van der Waals surface area contributed by atoms with Crippen LogP contribution in [0.2, 0.25) is 0 Å². The van der Waals surface area contributed by atoms with E-state index in [1.165, 1.54) is 5.56 Å². The van der Waals surface area contributed by atoms with Crippen LogP contribution in [-0.2, 0) is 11.3 Å². The molecule has 2 rings (SSSR count).